The SMILES string of the molecule is O[C@@H]1C[C@H](c2ccc3c(N[C@H]4CCc5ccccc54)ncnn23)C=C1COCc1ccccc1. The summed E-state index contributed by atoms with van der Waals surface area (Å²) in [4.78, 5) is 4.55. The third-order valence-electron chi connectivity index (χ3n) is 7.01. The first-order chi connectivity index (χ1) is 16.8. The summed E-state index contributed by atoms with van der Waals surface area (Å²) < 4.78 is 7.83. The fourth-order valence-electron chi connectivity index (χ4n) is 5.26. The van der Waals surface area contributed by atoms with E-state index in [-0.39, 0.29) is 12.0 Å². The van der Waals surface area contributed by atoms with Crippen molar-refractivity contribution in [3.63, 3.8) is 0 Å². The topological polar surface area (TPSA) is 71.7 Å². The fourth-order valence-corrected chi connectivity index (χ4v) is 5.26. The maximum absolute atomic E-state index is 10.7. The summed E-state index contributed by atoms with van der Waals surface area (Å²) in [6.07, 6.45) is 6.03. The number of rotatable bonds is 7. The van der Waals surface area contributed by atoms with E-state index in [9.17, 15) is 5.11 Å². The van der Waals surface area contributed by atoms with Crippen molar-refractivity contribution in [2.24, 2.45) is 0 Å². The Labute approximate surface area is 198 Å². The second kappa shape index (κ2) is 9.05. The van der Waals surface area contributed by atoms with Crippen molar-refractivity contribution in [1.82, 2.24) is 14.6 Å². The van der Waals surface area contributed by atoms with Crippen LogP contribution in [0.2, 0.25) is 0 Å². The molecule has 6 nitrogen and oxygen atoms in total. The van der Waals surface area contributed by atoms with Crippen molar-refractivity contribution in [3.05, 3.63) is 107 Å². The molecule has 2 aromatic heterocycles. The number of aromatic nitrogens is 3. The van der Waals surface area contributed by atoms with Crippen LogP contribution in [0.4, 0.5) is 5.82 Å². The van der Waals surface area contributed by atoms with E-state index in [1.54, 1.807) is 6.33 Å². The summed E-state index contributed by atoms with van der Waals surface area (Å²) in [6, 6.07) is 23.1. The van der Waals surface area contributed by atoms with Crippen LogP contribution in [0.25, 0.3) is 5.52 Å². The van der Waals surface area contributed by atoms with Gasteiger partial charge < -0.3 is 15.2 Å². The van der Waals surface area contributed by atoms with E-state index in [2.05, 4.69) is 57.9 Å². The van der Waals surface area contributed by atoms with Crippen LogP contribution in [0, 0.1) is 0 Å². The molecule has 0 saturated heterocycles. The molecule has 2 aromatic carbocycles. The monoisotopic (exact) mass is 452 g/mol. The van der Waals surface area contributed by atoms with Crippen molar-refractivity contribution in [1.29, 1.82) is 0 Å². The van der Waals surface area contributed by atoms with Crippen molar-refractivity contribution >= 4 is 11.3 Å². The highest BCUT2D eigenvalue weighted by Gasteiger charge is 2.29. The van der Waals surface area contributed by atoms with Crippen LogP contribution in [-0.2, 0) is 17.8 Å². The molecule has 172 valence electrons. The van der Waals surface area contributed by atoms with Gasteiger partial charge in [0.25, 0.3) is 0 Å². The standard InChI is InChI=1S/C28H28N4O2/c33-27-15-21(14-22(27)17-34-16-19-6-2-1-3-7-19)25-12-13-26-28(29-18-30-32(25)26)31-24-11-10-20-8-4-5-9-23(20)24/h1-9,12-14,18,21,24,27,33H,10-11,15-17H2,(H,29,30,31)/t21-,24+,27-/m1/s1. The van der Waals surface area contributed by atoms with E-state index in [1.807, 2.05) is 34.8 Å². The summed E-state index contributed by atoms with van der Waals surface area (Å²) >= 11 is 0. The van der Waals surface area contributed by atoms with Crippen molar-refractivity contribution in [3.8, 4) is 0 Å². The summed E-state index contributed by atoms with van der Waals surface area (Å²) in [6.45, 7) is 0.967. The third-order valence-corrected chi connectivity index (χ3v) is 7.01. The lowest BCUT2D eigenvalue weighted by molar-refractivity contribution is 0.118. The van der Waals surface area contributed by atoms with Crippen LogP contribution in [0.1, 0.15) is 47.2 Å². The minimum Gasteiger partial charge on any atom is -0.389 e. The average Bonchev–Trinajstić information content (AvgIpc) is 3.58. The normalized spacial score (nSPS) is 21.6. The number of aliphatic hydroxyl groups excluding tert-OH is 1. The van der Waals surface area contributed by atoms with Crippen LogP contribution in [0.3, 0.4) is 0 Å². The number of benzene rings is 2. The zero-order valence-electron chi connectivity index (χ0n) is 19.0. The van der Waals surface area contributed by atoms with Gasteiger partial charge in [0.15, 0.2) is 5.82 Å². The number of allylic oxidation sites excluding steroid dienone is 1. The van der Waals surface area contributed by atoms with Gasteiger partial charge in [-0.05, 0) is 53.7 Å². The van der Waals surface area contributed by atoms with Gasteiger partial charge >= 0.3 is 0 Å². The number of fused-ring (bicyclic) bond motifs is 2. The predicted octanol–water partition coefficient (Wildman–Crippen LogP) is 4.82. The molecule has 0 saturated carbocycles. The fraction of sp³-hybridized carbons (Fsp3) is 0.286. The highest BCUT2D eigenvalue weighted by atomic mass is 16.5. The molecule has 0 radical (unpaired) electrons. The Bertz CT molecular complexity index is 1330. The number of nitrogens with zero attached hydrogens (tertiary/aromatic N) is 3. The van der Waals surface area contributed by atoms with E-state index >= 15 is 0 Å². The maximum Gasteiger partial charge on any atom is 0.154 e. The van der Waals surface area contributed by atoms with Gasteiger partial charge in [0.1, 0.15) is 11.8 Å². The summed E-state index contributed by atoms with van der Waals surface area (Å²) in [5.41, 5.74) is 6.85. The number of ether oxygens (including phenoxy) is 1. The molecule has 6 heteroatoms. The molecule has 4 aromatic rings. The van der Waals surface area contributed by atoms with Crippen LogP contribution in [-0.4, -0.2) is 32.4 Å². The molecular formula is C28H28N4O2. The van der Waals surface area contributed by atoms with Gasteiger partial charge in [-0.15, -0.1) is 0 Å². The van der Waals surface area contributed by atoms with Crippen LogP contribution in [0.5, 0.6) is 0 Å². The number of anilines is 1. The lowest BCUT2D eigenvalue weighted by atomic mass is 10.1. The second-order valence-corrected chi connectivity index (χ2v) is 9.18. The minimum absolute atomic E-state index is 0.0859. The van der Waals surface area contributed by atoms with Gasteiger partial charge in [-0.2, -0.15) is 5.10 Å². The molecule has 0 unspecified atom stereocenters. The first-order valence-corrected chi connectivity index (χ1v) is 11.9. The number of aryl methyl sites for hydroxylation is 1. The van der Waals surface area contributed by atoms with E-state index in [1.165, 1.54) is 11.1 Å². The lowest BCUT2D eigenvalue weighted by Crippen LogP contribution is -2.12. The minimum atomic E-state index is -0.499. The van der Waals surface area contributed by atoms with Gasteiger partial charge in [0.05, 0.1) is 25.4 Å². The molecule has 0 aliphatic heterocycles. The van der Waals surface area contributed by atoms with Gasteiger partial charge in [0, 0.05) is 11.6 Å². The predicted molar refractivity (Wildman–Crippen MR) is 132 cm³/mol. The quantitative estimate of drug-likeness (QED) is 0.394. The number of hydrogen-bond donors (Lipinski definition) is 2. The summed E-state index contributed by atoms with van der Waals surface area (Å²) in [7, 11) is 0. The third kappa shape index (κ3) is 4.00. The number of nitrogens with one attached hydrogen (secondary N) is 1. The van der Waals surface area contributed by atoms with Crippen LogP contribution in [0.15, 0.2) is 84.7 Å². The molecule has 2 N–H and O–H groups in total. The van der Waals surface area contributed by atoms with E-state index in [0.29, 0.717) is 19.6 Å². The molecule has 2 aliphatic rings. The first-order valence-electron chi connectivity index (χ1n) is 11.9. The molecule has 2 heterocycles. The first kappa shape index (κ1) is 21.1. The highest BCUT2D eigenvalue weighted by Crippen LogP contribution is 2.37. The Morgan fingerprint density at radius 2 is 1.85 bits per heavy atom. The van der Waals surface area contributed by atoms with Crippen LogP contribution < -0.4 is 5.32 Å². The van der Waals surface area contributed by atoms with Crippen molar-refractivity contribution < 1.29 is 9.84 Å². The molecule has 2 aliphatic carbocycles. The average molecular weight is 453 g/mol. The summed E-state index contributed by atoms with van der Waals surface area (Å²) in [5.74, 6) is 0.930. The number of aliphatic hydroxyl groups is 1. The lowest BCUT2D eigenvalue weighted by Gasteiger charge is -2.16. The Kier molecular flexibility index (Phi) is 5.61. The molecule has 0 fully saturated rings. The molecular weight excluding hydrogens is 424 g/mol. The Morgan fingerprint density at radius 1 is 1.00 bits per heavy atom. The van der Waals surface area contributed by atoms with Crippen molar-refractivity contribution in [2.75, 3.05) is 11.9 Å². The summed E-state index contributed by atoms with van der Waals surface area (Å²) in [5, 5.41) is 18.9. The molecule has 0 amide bonds. The molecule has 34 heavy (non-hydrogen) atoms. The van der Waals surface area contributed by atoms with E-state index < -0.39 is 6.10 Å². The largest absolute Gasteiger partial charge is 0.389 e. The molecule has 3 atom stereocenters. The Hall–Kier alpha value is -3.48. The Morgan fingerprint density at radius 3 is 2.76 bits per heavy atom. The molecule has 0 spiro atoms. The second-order valence-electron chi connectivity index (χ2n) is 9.18. The van der Waals surface area contributed by atoms with E-state index in [4.69, 9.17) is 4.74 Å². The van der Waals surface area contributed by atoms with Gasteiger partial charge in [-0.25, -0.2) is 9.50 Å². The highest BCUT2D eigenvalue weighted by molar-refractivity contribution is 5.69. The van der Waals surface area contributed by atoms with Crippen LogP contribution >= 0.6 is 0 Å². The smallest absolute Gasteiger partial charge is 0.154 e. The number of hydrogen-bond acceptors (Lipinski definition) is 5. The molecule has 6 rings (SSSR count). The zero-order chi connectivity index (χ0) is 22.9. The van der Waals surface area contributed by atoms with Gasteiger partial charge in [-0.1, -0.05) is 60.7 Å². The van der Waals surface area contributed by atoms with E-state index in [0.717, 1.165) is 41.0 Å². The Balaban J connectivity index is 1.19. The zero-order valence-corrected chi connectivity index (χ0v) is 19.0. The van der Waals surface area contributed by atoms with Crippen molar-refractivity contribution in [2.45, 2.75) is 43.9 Å². The van der Waals surface area contributed by atoms with Gasteiger partial charge in [0.2, 0.25) is 0 Å². The maximum atomic E-state index is 10.7. The van der Waals surface area contributed by atoms with Gasteiger partial charge in [-0.3, -0.25) is 0 Å². The molecule has 0 bridgehead atoms.